The first-order valence-electron chi connectivity index (χ1n) is 5.33. The summed E-state index contributed by atoms with van der Waals surface area (Å²) in [7, 11) is 0. The number of nitrogens with zero attached hydrogens (tertiary/aromatic N) is 1. The van der Waals surface area contributed by atoms with E-state index in [0.717, 1.165) is 12.3 Å². The molecule has 0 saturated carbocycles. The second-order valence-electron chi connectivity index (χ2n) is 3.66. The second kappa shape index (κ2) is 6.96. The van der Waals surface area contributed by atoms with Crippen LogP contribution in [0, 0.1) is 0 Å². The molecular weight excluding hydrogens is 299 g/mol. The lowest BCUT2D eigenvalue weighted by Gasteiger charge is -2.08. The lowest BCUT2D eigenvalue weighted by Crippen LogP contribution is -2.05. The number of hydrogen-bond acceptors (Lipinski definition) is 3. The Morgan fingerprint density at radius 3 is 2.74 bits per heavy atom. The fourth-order valence-electron chi connectivity index (χ4n) is 1.16. The van der Waals surface area contributed by atoms with Gasteiger partial charge in [-0.25, -0.2) is 4.98 Å². The molecule has 0 fully saturated rings. The van der Waals surface area contributed by atoms with Gasteiger partial charge in [-0.3, -0.25) is 4.79 Å². The zero-order valence-electron chi connectivity index (χ0n) is 10.00. The highest BCUT2D eigenvalue weighted by Gasteiger charge is 2.31. The highest BCUT2D eigenvalue weighted by molar-refractivity contribution is 7.99. The highest BCUT2D eigenvalue weighted by Crippen LogP contribution is 2.33. The first-order chi connectivity index (χ1) is 8.80. The van der Waals surface area contributed by atoms with E-state index in [1.54, 1.807) is 6.08 Å². The average Bonchev–Trinajstić information content (AvgIpc) is 2.28. The molecule has 0 aromatic carbocycles. The number of rotatable bonds is 5. The number of carbonyl (C=O) groups excluding carboxylic acids is 1. The standard InChI is InChI=1S/C12H11ClF3NOS/c1-8(18)4-2-3-5-19-11-10(13)6-9(7-17-11)12(14,15)16/h2,4,6-7H,3,5H2,1H3/b4-2+. The molecule has 0 unspecified atom stereocenters. The molecule has 7 heteroatoms. The molecule has 104 valence electrons. The summed E-state index contributed by atoms with van der Waals surface area (Å²) in [5.41, 5.74) is -0.863. The minimum absolute atomic E-state index is 0.0182. The Morgan fingerprint density at radius 2 is 2.21 bits per heavy atom. The van der Waals surface area contributed by atoms with Crippen LogP contribution in [0.3, 0.4) is 0 Å². The van der Waals surface area contributed by atoms with Crippen molar-refractivity contribution >= 4 is 29.1 Å². The van der Waals surface area contributed by atoms with E-state index in [9.17, 15) is 18.0 Å². The lowest BCUT2D eigenvalue weighted by atomic mass is 10.3. The van der Waals surface area contributed by atoms with Gasteiger partial charge in [-0.1, -0.05) is 17.7 Å². The zero-order chi connectivity index (χ0) is 14.5. The van der Waals surface area contributed by atoms with Gasteiger partial charge in [0.2, 0.25) is 0 Å². The maximum Gasteiger partial charge on any atom is 0.417 e. The molecule has 1 heterocycles. The average molecular weight is 310 g/mol. The van der Waals surface area contributed by atoms with Gasteiger partial charge in [0.05, 0.1) is 10.6 Å². The van der Waals surface area contributed by atoms with Crippen LogP contribution in [0.1, 0.15) is 18.9 Å². The minimum atomic E-state index is -4.44. The van der Waals surface area contributed by atoms with Crippen molar-refractivity contribution in [1.82, 2.24) is 4.98 Å². The second-order valence-corrected chi connectivity index (χ2v) is 5.15. The summed E-state index contributed by atoms with van der Waals surface area (Å²) in [5, 5.41) is 0.335. The number of thioether (sulfide) groups is 1. The van der Waals surface area contributed by atoms with E-state index in [4.69, 9.17) is 11.6 Å². The van der Waals surface area contributed by atoms with E-state index in [0.29, 0.717) is 17.2 Å². The monoisotopic (exact) mass is 309 g/mol. The van der Waals surface area contributed by atoms with Crippen LogP contribution in [0.2, 0.25) is 5.02 Å². The number of pyridine rings is 1. The zero-order valence-corrected chi connectivity index (χ0v) is 11.6. The molecule has 0 spiro atoms. The summed E-state index contributed by atoms with van der Waals surface area (Å²) in [5.74, 6) is 0.540. The van der Waals surface area contributed by atoms with Crippen LogP contribution in [-0.2, 0) is 11.0 Å². The third-order valence-electron chi connectivity index (χ3n) is 2.01. The normalized spacial score (nSPS) is 12.1. The summed E-state index contributed by atoms with van der Waals surface area (Å²) in [6.07, 6.45) is 0.0859. The van der Waals surface area contributed by atoms with E-state index in [1.807, 2.05) is 0 Å². The van der Waals surface area contributed by atoms with Gasteiger partial charge >= 0.3 is 6.18 Å². The molecule has 0 radical (unpaired) electrons. The van der Waals surface area contributed by atoms with Crippen molar-refractivity contribution in [1.29, 1.82) is 0 Å². The van der Waals surface area contributed by atoms with Crippen LogP contribution in [-0.4, -0.2) is 16.5 Å². The van der Waals surface area contributed by atoms with Gasteiger partial charge in [-0.2, -0.15) is 13.2 Å². The van der Waals surface area contributed by atoms with Crippen molar-refractivity contribution in [2.45, 2.75) is 24.5 Å². The quantitative estimate of drug-likeness (QED) is 0.459. The number of alkyl halides is 3. The minimum Gasteiger partial charge on any atom is -0.295 e. The Hall–Kier alpha value is -1.01. The van der Waals surface area contributed by atoms with E-state index < -0.39 is 11.7 Å². The molecule has 0 saturated heterocycles. The number of ketones is 1. The van der Waals surface area contributed by atoms with Crippen molar-refractivity contribution in [2.24, 2.45) is 0 Å². The van der Waals surface area contributed by atoms with E-state index >= 15 is 0 Å². The van der Waals surface area contributed by atoms with Crippen LogP contribution in [0.5, 0.6) is 0 Å². The van der Waals surface area contributed by atoms with Gasteiger partial charge < -0.3 is 0 Å². The van der Waals surface area contributed by atoms with Crippen LogP contribution in [0.25, 0.3) is 0 Å². The smallest absolute Gasteiger partial charge is 0.295 e. The maximum atomic E-state index is 12.4. The first kappa shape index (κ1) is 16.0. The van der Waals surface area contributed by atoms with Crippen molar-refractivity contribution in [2.75, 3.05) is 5.75 Å². The van der Waals surface area contributed by atoms with Crippen LogP contribution in [0.15, 0.2) is 29.4 Å². The number of hydrogen-bond donors (Lipinski definition) is 0. The summed E-state index contributed by atoms with van der Waals surface area (Å²) >= 11 is 6.99. The van der Waals surface area contributed by atoms with Gasteiger partial charge in [0, 0.05) is 11.9 Å². The Morgan fingerprint density at radius 1 is 1.53 bits per heavy atom. The largest absolute Gasteiger partial charge is 0.417 e. The summed E-state index contributed by atoms with van der Waals surface area (Å²) in [4.78, 5) is 14.3. The third-order valence-corrected chi connectivity index (χ3v) is 3.45. The van der Waals surface area contributed by atoms with Crippen molar-refractivity contribution in [3.63, 3.8) is 0 Å². The van der Waals surface area contributed by atoms with Crippen LogP contribution in [0.4, 0.5) is 13.2 Å². The molecule has 0 atom stereocenters. The number of carbonyl (C=O) groups is 1. The highest BCUT2D eigenvalue weighted by atomic mass is 35.5. The first-order valence-corrected chi connectivity index (χ1v) is 6.69. The Kier molecular flexibility index (Phi) is 5.87. The maximum absolute atomic E-state index is 12.4. The van der Waals surface area contributed by atoms with Crippen LogP contribution >= 0.6 is 23.4 Å². The molecule has 2 nitrogen and oxygen atoms in total. The number of allylic oxidation sites excluding steroid dienone is 2. The molecule has 0 aliphatic heterocycles. The third kappa shape index (κ3) is 5.65. The Bertz CT molecular complexity index is 488. The molecule has 19 heavy (non-hydrogen) atoms. The van der Waals surface area contributed by atoms with Crippen molar-refractivity contribution in [3.05, 3.63) is 35.0 Å². The Labute approximate surface area is 118 Å². The predicted octanol–water partition coefficient (Wildman–Crippen LogP) is 4.38. The van der Waals surface area contributed by atoms with Crippen molar-refractivity contribution in [3.8, 4) is 0 Å². The summed E-state index contributed by atoms with van der Waals surface area (Å²) < 4.78 is 37.1. The van der Waals surface area contributed by atoms with Crippen molar-refractivity contribution < 1.29 is 18.0 Å². The van der Waals surface area contributed by atoms with E-state index in [-0.39, 0.29) is 10.8 Å². The molecule has 1 aromatic heterocycles. The molecule has 1 aromatic rings. The SMILES string of the molecule is CC(=O)/C=C/CCSc1ncc(C(F)(F)F)cc1Cl. The fraction of sp³-hybridized carbons (Fsp3) is 0.333. The fourth-order valence-corrected chi connectivity index (χ4v) is 2.26. The molecule has 0 bridgehead atoms. The topological polar surface area (TPSA) is 30.0 Å². The van der Waals surface area contributed by atoms with Gasteiger partial charge in [-0.15, -0.1) is 11.8 Å². The van der Waals surface area contributed by atoms with Gasteiger partial charge in [0.15, 0.2) is 5.78 Å². The van der Waals surface area contributed by atoms with E-state index in [2.05, 4.69) is 4.98 Å². The Balaban J connectivity index is 2.59. The number of aromatic nitrogens is 1. The predicted molar refractivity (Wildman–Crippen MR) is 69.4 cm³/mol. The molecule has 0 aliphatic rings. The van der Waals surface area contributed by atoms with Gasteiger partial charge in [0.1, 0.15) is 5.03 Å². The molecule has 0 amide bonds. The molecule has 0 aliphatic carbocycles. The van der Waals surface area contributed by atoms with Crippen LogP contribution < -0.4 is 0 Å². The molecule has 0 N–H and O–H groups in total. The van der Waals surface area contributed by atoms with Gasteiger partial charge in [-0.05, 0) is 25.5 Å². The summed E-state index contributed by atoms with van der Waals surface area (Å²) in [6, 6.07) is 0.863. The molecular formula is C12H11ClF3NOS. The number of halogens is 4. The lowest BCUT2D eigenvalue weighted by molar-refractivity contribution is -0.137. The molecule has 1 rings (SSSR count). The summed E-state index contributed by atoms with van der Waals surface area (Å²) in [6.45, 7) is 1.44. The van der Waals surface area contributed by atoms with E-state index in [1.165, 1.54) is 24.8 Å². The van der Waals surface area contributed by atoms with Gasteiger partial charge in [0.25, 0.3) is 0 Å².